The molecule has 0 unspecified atom stereocenters. The van der Waals surface area contributed by atoms with Crippen LogP contribution < -0.4 is 5.32 Å². The van der Waals surface area contributed by atoms with Crippen molar-refractivity contribution in [1.82, 2.24) is 20.4 Å². The summed E-state index contributed by atoms with van der Waals surface area (Å²) in [7, 11) is -3.86. The van der Waals surface area contributed by atoms with Crippen molar-refractivity contribution < 1.29 is 36.2 Å². The van der Waals surface area contributed by atoms with E-state index in [4.69, 9.17) is 16.1 Å². The number of amides is 1. The highest BCUT2D eigenvalue weighted by atomic mass is 35.5. The molecular weight excluding hydrogens is 568 g/mol. The largest absolute Gasteiger partial charge is 0.465 e. The van der Waals surface area contributed by atoms with E-state index < -0.39 is 56.2 Å². The predicted molar refractivity (Wildman–Crippen MR) is 134 cm³/mol. The number of amidine groups is 1. The van der Waals surface area contributed by atoms with Crippen LogP contribution in [0.2, 0.25) is 5.02 Å². The smallest absolute Gasteiger partial charge is 0.410 e. The minimum absolute atomic E-state index is 0.167. The molecule has 1 aliphatic rings. The van der Waals surface area contributed by atoms with Gasteiger partial charge in [-0.05, 0) is 39.0 Å². The first-order chi connectivity index (χ1) is 18.0. The molecule has 0 aliphatic carbocycles. The Kier molecular flexibility index (Phi) is 7.19. The molecule has 3 aromatic rings. The number of nitrogens with zero attached hydrogens (tertiary/aromatic N) is 5. The summed E-state index contributed by atoms with van der Waals surface area (Å²) in [4.78, 5) is 23.9. The van der Waals surface area contributed by atoms with Gasteiger partial charge in [0.1, 0.15) is 28.5 Å². The van der Waals surface area contributed by atoms with Crippen LogP contribution in [0.3, 0.4) is 0 Å². The lowest BCUT2D eigenvalue weighted by Crippen LogP contribution is -2.57. The molecule has 0 saturated carbocycles. The highest BCUT2D eigenvalue weighted by Crippen LogP contribution is 2.41. The number of halogens is 5. The molecule has 2 N–H and O–H groups in total. The van der Waals surface area contributed by atoms with Crippen LogP contribution in [0.15, 0.2) is 50.5 Å². The average molecular weight is 589 g/mol. The maximum atomic E-state index is 15.2. The molecule has 208 valence electrons. The standard InChI is InChI=1S/C23H21ClF4N6O4S/c1-21(2)19(32-20(35)36)33-22(3,11-39(21,37)31-10-23(26,27)28)14-6-12(4-5-15(14)25)17-7-16(34-38-17)18-29-8-13(24)9-30-18/h4-9H,10-11H2,1-3H3,(H,32,33)(H,35,36)/t22-,39-/m0/s1. The fourth-order valence-electron chi connectivity index (χ4n) is 3.98. The monoisotopic (exact) mass is 588 g/mol. The van der Waals surface area contributed by atoms with Gasteiger partial charge in [0.05, 0.1) is 20.5 Å². The molecule has 3 heterocycles. The second kappa shape index (κ2) is 9.86. The molecule has 0 spiro atoms. The number of aliphatic imine (C=N–C) groups is 1. The molecular formula is C23H21ClF4N6O4S. The van der Waals surface area contributed by atoms with Gasteiger partial charge in [-0.2, -0.15) is 13.2 Å². The lowest BCUT2D eigenvalue weighted by atomic mass is 9.91. The third-order valence-corrected chi connectivity index (χ3v) is 9.55. The van der Waals surface area contributed by atoms with Gasteiger partial charge in [0.2, 0.25) is 0 Å². The minimum Gasteiger partial charge on any atom is -0.465 e. The normalized spacial score (nSPS) is 22.7. The van der Waals surface area contributed by atoms with Crippen molar-refractivity contribution in [1.29, 1.82) is 0 Å². The van der Waals surface area contributed by atoms with Gasteiger partial charge in [0.15, 0.2) is 17.3 Å². The Morgan fingerprint density at radius 1 is 1.23 bits per heavy atom. The minimum atomic E-state index is -4.77. The van der Waals surface area contributed by atoms with Gasteiger partial charge in [0, 0.05) is 29.6 Å². The van der Waals surface area contributed by atoms with Gasteiger partial charge in [-0.1, -0.05) is 16.8 Å². The Morgan fingerprint density at radius 3 is 2.51 bits per heavy atom. The second-order valence-corrected chi connectivity index (χ2v) is 12.6. The number of hydrogen-bond donors (Lipinski definition) is 2. The first-order valence-electron chi connectivity index (χ1n) is 11.2. The third kappa shape index (κ3) is 5.73. The molecule has 0 fully saturated rings. The predicted octanol–water partition coefficient (Wildman–Crippen LogP) is 5.29. The number of rotatable bonds is 4. The van der Waals surface area contributed by atoms with E-state index in [0.29, 0.717) is 10.6 Å². The highest BCUT2D eigenvalue weighted by Gasteiger charge is 2.50. The molecule has 1 amide bonds. The van der Waals surface area contributed by atoms with E-state index in [1.807, 2.05) is 5.32 Å². The zero-order valence-electron chi connectivity index (χ0n) is 20.6. The maximum absolute atomic E-state index is 15.2. The van der Waals surface area contributed by atoms with Crippen molar-refractivity contribution in [3.05, 3.63) is 53.1 Å². The topological polar surface area (TPSA) is 143 Å². The van der Waals surface area contributed by atoms with Gasteiger partial charge >= 0.3 is 12.3 Å². The molecule has 2 atom stereocenters. The molecule has 0 radical (unpaired) electrons. The number of nitrogens with one attached hydrogen (secondary N) is 1. The first kappa shape index (κ1) is 28.4. The van der Waals surface area contributed by atoms with Crippen LogP contribution >= 0.6 is 11.6 Å². The fraction of sp³-hybridized carbons (Fsp3) is 0.348. The van der Waals surface area contributed by atoms with Crippen LogP contribution in [0.1, 0.15) is 26.3 Å². The number of carbonyl (C=O) groups is 1. The average Bonchev–Trinajstić information content (AvgIpc) is 3.32. The zero-order valence-corrected chi connectivity index (χ0v) is 22.2. The van der Waals surface area contributed by atoms with Gasteiger partial charge < -0.3 is 9.63 Å². The lowest BCUT2D eigenvalue weighted by molar-refractivity contribution is -0.117. The van der Waals surface area contributed by atoms with E-state index in [0.717, 1.165) is 6.07 Å². The van der Waals surface area contributed by atoms with E-state index >= 15 is 4.39 Å². The zero-order chi connectivity index (χ0) is 28.8. The lowest BCUT2D eigenvalue weighted by Gasteiger charge is -2.41. The third-order valence-electron chi connectivity index (χ3n) is 6.07. The Balaban J connectivity index is 1.83. The first-order valence-corrected chi connectivity index (χ1v) is 13.2. The van der Waals surface area contributed by atoms with Crippen molar-refractivity contribution in [3.8, 4) is 22.8 Å². The molecule has 1 aromatic carbocycles. The Labute approximate surface area is 224 Å². The molecule has 39 heavy (non-hydrogen) atoms. The van der Waals surface area contributed by atoms with Crippen LogP contribution in [-0.2, 0) is 15.3 Å². The van der Waals surface area contributed by atoms with Crippen LogP contribution in [0.4, 0.5) is 22.4 Å². The number of hydrogen-bond acceptors (Lipinski definition) is 8. The summed E-state index contributed by atoms with van der Waals surface area (Å²) in [5, 5.41) is 15.5. The maximum Gasteiger partial charge on any atom is 0.410 e. The van der Waals surface area contributed by atoms with Crippen molar-refractivity contribution in [2.45, 2.75) is 37.2 Å². The molecule has 16 heteroatoms. The van der Waals surface area contributed by atoms with Crippen molar-refractivity contribution in [2.75, 3.05) is 12.3 Å². The molecule has 4 rings (SSSR count). The summed E-state index contributed by atoms with van der Waals surface area (Å²) in [6.45, 7) is 2.14. The molecule has 0 bridgehead atoms. The summed E-state index contributed by atoms with van der Waals surface area (Å²) in [5.74, 6) is -1.48. The van der Waals surface area contributed by atoms with Crippen LogP contribution in [0.25, 0.3) is 22.8 Å². The summed E-state index contributed by atoms with van der Waals surface area (Å²) < 4.78 is 75.5. The van der Waals surface area contributed by atoms with E-state index in [2.05, 4.69) is 24.5 Å². The molecule has 0 saturated heterocycles. The van der Waals surface area contributed by atoms with Crippen LogP contribution in [-0.4, -0.2) is 59.6 Å². The number of benzene rings is 1. The number of carboxylic acid groups (broad SMARTS) is 1. The van der Waals surface area contributed by atoms with E-state index in [-0.39, 0.29) is 22.8 Å². The van der Waals surface area contributed by atoms with Gasteiger partial charge in [-0.3, -0.25) is 10.3 Å². The Bertz CT molecular complexity index is 1580. The van der Waals surface area contributed by atoms with Gasteiger partial charge in [-0.25, -0.2) is 27.7 Å². The summed E-state index contributed by atoms with van der Waals surface area (Å²) in [6.07, 6.45) is -3.63. The Morgan fingerprint density at radius 2 is 1.90 bits per heavy atom. The summed E-state index contributed by atoms with van der Waals surface area (Å²) in [5.41, 5.74) is -1.40. The van der Waals surface area contributed by atoms with E-state index in [1.165, 1.54) is 51.4 Å². The van der Waals surface area contributed by atoms with E-state index in [1.54, 1.807) is 0 Å². The number of alkyl halides is 3. The van der Waals surface area contributed by atoms with E-state index in [9.17, 15) is 27.3 Å². The van der Waals surface area contributed by atoms with Gasteiger partial charge in [0.25, 0.3) is 0 Å². The number of aromatic nitrogens is 3. The molecule has 2 aromatic heterocycles. The quantitative estimate of drug-likeness (QED) is 0.394. The molecule has 1 aliphatic heterocycles. The van der Waals surface area contributed by atoms with Crippen molar-refractivity contribution in [3.63, 3.8) is 0 Å². The fourth-order valence-corrected chi connectivity index (χ4v) is 6.59. The SMILES string of the molecule is CC1(C)C(NC(=O)O)=N[C@](C)(c2cc(-c3cc(-c4ncc(Cl)cn4)no3)ccc2F)C[S@@]1(=O)=NCC(F)(F)F. The highest BCUT2D eigenvalue weighted by molar-refractivity contribution is 7.95. The van der Waals surface area contributed by atoms with Crippen molar-refractivity contribution in [2.24, 2.45) is 9.36 Å². The van der Waals surface area contributed by atoms with Gasteiger partial charge in [-0.15, -0.1) is 0 Å². The van der Waals surface area contributed by atoms with Crippen LogP contribution in [0.5, 0.6) is 0 Å². The summed E-state index contributed by atoms with van der Waals surface area (Å²) in [6, 6.07) is 5.24. The van der Waals surface area contributed by atoms with Crippen LogP contribution in [0, 0.1) is 5.82 Å². The molecule has 10 nitrogen and oxygen atoms in total. The summed E-state index contributed by atoms with van der Waals surface area (Å²) >= 11 is 5.80. The van der Waals surface area contributed by atoms with Crippen molar-refractivity contribution >= 4 is 33.3 Å². The second-order valence-electron chi connectivity index (χ2n) is 9.36. The Hall–Kier alpha value is -3.59.